The minimum Gasteiger partial charge on any atom is -0.443 e. The number of benzene rings is 1. The van der Waals surface area contributed by atoms with Crippen molar-refractivity contribution < 1.29 is 23.5 Å². The normalized spacial score (nSPS) is 11.5. The van der Waals surface area contributed by atoms with Gasteiger partial charge >= 0.3 is 12.2 Å². The first-order chi connectivity index (χ1) is 11.2. The highest BCUT2D eigenvalue weighted by molar-refractivity contribution is 9.10. The summed E-state index contributed by atoms with van der Waals surface area (Å²) in [4.78, 5) is 25.7. The van der Waals surface area contributed by atoms with Crippen LogP contribution in [0.25, 0.3) is 0 Å². The van der Waals surface area contributed by atoms with Gasteiger partial charge in [-0.05, 0) is 69.6 Å². The fraction of sp³-hybridized carbons (Fsp3) is 0.471. The van der Waals surface area contributed by atoms with E-state index in [-0.39, 0.29) is 15.7 Å². The van der Waals surface area contributed by atoms with Crippen molar-refractivity contribution in [3.8, 4) is 6.07 Å². The lowest BCUT2D eigenvalue weighted by atomic mass is 10.2. The molecule has 0 atom stereocenters. The molecule has 1 rings (SSSR count). The maximum Gasteiger partial charge on any atom is 0.424 e. The van der Waals surface area contributed by atoms with Gasteiger partial charge in [0.25, 0.3) is 0 Å². The average molecular weight is 415 g/mol. The van der Waals surface area contributed by atoms with E-state index in [1.54, 1.807) is 47.6 Å². The number of nitriles is 1. The van der Waals surface area contributed by atoms with Gasteiger partial charge in [-0.2, -0.15) is 10.2 Å². The molecule has 0 saturated heterocycles. The maximum atomic E-state index is 13.7. The maximum absolute atomic E-state index is 13.7. The van der Waals surface area contributed by atoms with Crippen LogP contribution in [0.4, 0.5) is 19.7 Å². The molecule has 25 heavy (non-hydrogen) atoms. The van der Waals surface area contributed by atoms with E-state index in [1.165, 1.54) is 0 Å². The molecular formula is C17H20BrFN2O4. The number of hydrogen-bond acceptors (Lipinski definition) is 5. The highest BCUT2D eigenvalue weighted by Crippen LogP contribution is 2.31. The molecule has 0 aromatic heterocycles. The van der Waals surface area contributed by atoms with Crippen molar-refractivity contribution >= 4 is 33.8 Å². The number of hydrogen-bond donors (Lipinski definition) is 0. The Labute approximate surface area is 154 Å². The summed E-state index contributed by atoms with van der Waals surface area (Å²) in [6, 6.07) is 3.74. The van der Waals surface area contributed by atoms with E-state index in [9.17, 15) is 14.0 Å². The molecule has 1 aromatic rings. The molecular weight excluding hydrogens is 395 g/mol. The molecule has 8 heteroatoms. The summed E-state index contributed by atoms with van der Waals surface area (Å²) in [5, 5.41) is 9.01. The van der Waals surface area contributed by atoms with Crippen molar-refractivity contribution in [1.82, 2.24) is 0 Å². The zero-order valence-electron chi connectivity index (χ0n) is 14.9. The van der Waals surface area contributed by atoms with E-state index in [0.29, 0.717) is 4.90 Å². The Hall–Kier alpha value is -2.14. The number of nitrogens with zero attached hydrogens (tertiary/aromatic N) is 2. The number of carbonyl (C=O) groups excluding carboxylic acids is 2. The van der Waals surface area contributed by atoms with Crippen LogP contribution in [0.15, 0.2) is 16.6 Å². The molecule has 0 bridgehead atoms. The van der Waals surface area contributed by atoms with E-state index in [0.717, 1.165) is 12.1 Å². The first-order valence-electron chi connectivity index (χ1n) is 7.40. The van der Waals surface area contributed by atoms with E-state index in [2.05, 4.69) is 15.9 Å². The van der Waals surface area contributed by atoms with Gasteiger partial charge in [0.05, 0.1) is 11.3 Å². The van der Waals surface area contributed by atoms with Crippen molar-refractivity contribution in [2.24, 2.45) is 0 Å². The number of carbonyl (C=O) groups is 2. The second-order valence-electron chi connectivity index (χ2n) is 7.19. The van der Waals surface area contributed by atoms with Gasteiger partial charge in [-0.1, -0.05) is 0 Å². The Kier molecular flexibility index (Phi) is 6.19. The van der Waals surface area contributed by atoms with Crippen molar-refractivity contribution in [3.05, 3.63) is 28.0 Å². The topological polar surface area (TPSA) is 79.6 Å². The predicted octanol–water partition coefficient (Wildman–Crippen LogP) is 5.14. The lowest BCUT2D eigenvalue weighted by molar-refractivity contribution is 0.0430. The van der Waals surface area contributed by atoms with Crippen LogP contribution in [-0.4, -0.2) is 23.4 Å². The lowest BCUT2D eigenvalue weighted by Crippen LogP contribution is -2.44. The largest absolute Gasteiger partial charge is 0.443 e. The number of imide groups is 1. The van der Waals surface area contributed by atoms with E-state index < -0.39 is 29.2 Å². The molecule has 0 aliphatic rings. The van der Waals surface area contributed by atoms with Gasteiger partial charge in [-0.25, -0.2) is 14.0 Å². The minimum atomic E-state index is -1.00. The quantitative estimate of drug-likeness (QED) is 0.635. The number of amides is 2. The Morgan fingerprint density at radius 1 is 1.08 bits per heavy atom. The average Bonchev–Trinajstić information content (AvgIpc) is 2.37. The van der Waals surface area contributed by atoms with Crippen molar-refractivity contribution in [1.29, 1.82) is 5.26 Å². The summed E-state index contributed by atoms with van der Waals surface area (Å²) in [6.07, 6.45) is -2.00. The van der Waals surface area contributed by atoms with Crippen LogP contribution >= 0.6 is 15.9 Å². The Bertz CT molecular complexity index is 702. The smallest absolute Gasteiger partial charge is 0.424 e. The van der Waals surface area contributed by atoms with Gasteiger partial charge < -0.3 is 9.47 Å². The molecule has 6 nitrogen and oxygen atoms in total. The SMILES string of the molecule is CC(C)(C)OC(=O)N(C(=O)OC(C)(C)C)c1cc(C#N)c(F)cc1Br. The molecule has 1 aromatic carbocycles. The summed E-state index contributed by atoms with van der Waals surface area (Å²) in [5.74, 6) is -0.786. The van der Waals surface area contributed by atoms with Crippen LogP contribution in [0.1, 0.15) is 47.1 Å². The highest BCUT2D eigenvalue weighted by atomic mass is 79.9. The molecule has 0 radical (unpaired) electrons. The number of ether oxygens (including phenoxy) is 2. The van der Waals surface area contributed by atoms with Crippen LogP contribution in [0.3, 0.4) is 0 Å². The van der Waals surface area contributed by atoms with Gasteiger partial charge in [-0.15, -0.1) is 0 Å². The van der Waals surface area contributed by atoms with Crippen molar-refractivity contribution in [2.45, 2.75) is 52.7 Å². The molecule has 0 N–H and O–H groups in total. The third-order valence-electron chi connectivity index (χ3n) is 2.55. The molecule has 0 heterocycles. The zero-order valence-corrected chi connectivity index (χ0v) is 16.5. The summed E-state index contributed by atoms with van der Waals surface area (Å²) >= 11 is 3.10. The molecule has 0 spiro atoms. The molecule has 0 unspecified atom stereocenters. The van der Waals surface area contributed by atoms with Crippen LogP contribution < -0.4 is 4.90 Å². The highest BCUT2D eigenvalue weighted by Gasteiger charge is 2.34. The fourth-order valence-electron chi connectivity index (χ4n) is 1.68. The van der Waals surface area contributed by atoms with Gasteiger partial charge in [0.2, 0.25) is 0 Å². The van der Waals surface area contributed by atoms with Crippen LogP contribution in [0.2, 0.25) is 0 Å². The fourth-order valence-corrected chi connectivity index (χ4v) is 2.17. The number of halogens is 2. The Morgan fingerprint density at radius 2 is 1.52 bits per heavy atom. The third kappa shape index (κ3) is 6.02. The van der Waals surface area contributed by atoms with Gasteiger partial charge in [0, 0.05) is 4.47 Å². The molecule has 2 amide bonds. The van der Waals surface area contributed by atoms with Crippen LogP contribution in [0, 0.1) is 17.1 Å². The predicted molar refractivity (Wildman–Crippen MR) is 93.8 cm³/mol. The summed E-state index contributed by atoms with van der Waals surface area (Å²) in [7, 11) is 0. The van der Waals surface area contributed by atoms with Gasteiger partial charge in [0.15, 0.2) is 0 Å². The minimum absolute atomic E-state index is 0.0542. The van der Waals surface area contributed by atoms with Gasteiger partial charge in [0.1, 0.15) is 23.1 Å². The standard InChI is InChI=1S/C17H20BrFN2O4/c1-16(2,3)24-14(22)21(15(23)25-17(4,5)6)13-7-10(9-20)12(19)8-11(13)18/h7-8H,1-6H3. The van der Waals surface area contributed by atoms with E-state index >= 15 is 0 Å². The Morgan fingerprint density at radius 3 is 1.88 bits per heavy atom. The zero-order chi connectivity index (χ0) is 19.6. The number of anilines is 1. The van der Waals surface area contributed by atoms with Crippen LogP contribution in [0.5, 0.6) is 0 Å². The molecule has 136 valence electrons. The Balaban J connectivity index is 3.44. The second-order valence-corrected chi connectivity index (χ2v) is 8.05. The number of rotatable bonds is 1. The van der Waals surface area contributed by atoms with Crippen molar-refractivity contribution in [2.75, 3.05) is 4.90 Å². The molecule has 0 aliphatic heterocycles. The third-order valence-corrected chi connectivity index (χ3v) is 3.19. The summed E-state index contributed by atoms with van der Waals surface area (Å²) in [5.41, 5.74) is -2.12. The molecule has 0 saturated carbocycles. The van der Waals surface area contributed by atoms with E-state index in [4.69, 9.17) is 14.7 Å². The molecule has 0 aliphatic carbocycles. The monoisotopic (exact) mass is 414 g/mol. The van der Waals surface area contributed by atoms with Crippen LogP contribution in [-0.2, 0) is 9.47 Å². The van der Waals surface area contributed by atoms with Gasteiger partial charge in [-0.3, -0.25) is 0 Å². The lowest BCUT2D eigenvalue weighted by Gasteiger charge is -2.29. The van der Waals surface area contributed by atoms with Crippen molar-refractivity contribution in [3.63, 3.8) is 0 Å². The first kappa shape index (κ1) is 20.9. The summed E-state index contributed by atoms with van der Waals surface area (Å²) in [6.45, 7) is 9.82. The molecule has 0 fully saturated rings. The van der Waals surface area contributed by atoms with E-state index in [1.807, 2.05) is 0 Å². The summed E-state index contributed by atoms with van der Waals surface area (Å²) < 4.78 is 24.3. The first-order valence-corrected chi connectivity index (χ1v) is 8.19. The second kappa shape index (κ2) is 7.40.